The van der Waals surface area contributed by atoms with Crippen molar-refractivity contribution >= 4 is 34.1 Å². The number of rotatable bonds is 7. The fraction of sp³-hybridized carbons (Fsp3) is 0.368. The van der Waals surface area contributed by atoms with Gasteiger partial charge in [-0.05, 0) is 19.8 Å². The molecule has 6 nitrogen and oxygen atoms in total. The van der Waals surface area contributed by atoms with Crippen LogP contribution in [-0.2, 0) is 11.3 Å². The lowest BCUT2D eigenvalue weighted by Gasteiger charge is -2.14. The Balaban J connectivity index is 1.79. The highest BCUT2D eigenvalue weighted by atomic mass is 32.2. The third-order valence-corrected chi connectivity index (χ3v) is 5.75. The zero-order valence-corrected chi connectivity index (χ0v) is 17.5. The van der Waals surface area contributed by atoms with Gasteiger partial charge in [0.1, 0.15) is 0 Å². The van der Waals surface area contributed by atoms with Crippen LogP contribution in [0.25, 0.3) is 11.4 Å². The molecule has 142 valence electrons. The van der Waals surface area contributed by atoms with E-state index in [2.05, 4.69) is 38.9 Å². The number of carbonyl (C=O) groups is 1. The van der Waals surface area contributed by atoms with Crippen molar-refractivity contribution in [3.05, 3.63) is 41.4 Å². The van der Waals surface area contributed by atoms with E-state index in [0.717, 1.165) is 28.8 Å². The largest absolute Gasteiger partial charge is 0.302 e. The minimum atomic E-state index is -0.312. The number of thioether (sulfide) groups is 1. The molecule has 1 atom stereocenters. The smallest absolute Gasteiger partial charge is 0.239 e. The van der Waals surface area contributed by atoms with Crippen LogP contribution in [0, 0.1) is 12.8 Å². The van der Waals surface area contributed by atoms with Gasteiger partial charge < -0.3 is 9.88 Å². The van der Waals surface area contributed by atoms with Gasteiger partial charge in [0.25, 0.3) is 0 Å². The standard InChI is InChI=1S/C19H23N5OS2/c1-12(2)10-24-16(15-8-6-5-7-9-15)22-23-19(24)27-14(4)17(25)21-18-20-13(3)11-26-18/h5-9,11-12,14H,10H2,1-4H3,(H,20,21,25)/t14-/m0/s1. The highest BCUT2D eigenvalue weighted by Crippen LogP contribution is 2.28. The second-order valence-electron chi connectivity index (χ2n) is 6.72. The van der Waals surface area contributed by atoms with E-state index in [4.69, 9.17) is 0 Å². The Morgan fingerprint density at radius 3 is 2.59 bits per heavy atom. The average molecular weight is 402 g/mol. The lowest BCUT2D eigenvalue weighted by atomic mass is 10.2. The summed E-state index contributed by atoms with van der Waals surface area (Å²) in [5, 5.41) is 14.6. The molecule has 1 aromatic carbocycles. The number of amides is 1. The highest BCUT2D eigenvalue weighted by Gasteiger charge is 2.22. The van der Waals surface area contributed by atoms with Crippen LogP contribution in [0.4, 0.5) is 5.13 Å². The average Bonchev–Trinajstić information content (AvgIpc) is 3.21. The number of thiazole rings is 1. The van der Waals surface area contributed by atoms with Crippen LogP contribution in [0.5, 0.6) is 0 Å². The van der Waals surface area contributed by atoms with E-state index in [9.17, 15) is 4.79 Å². The van der Waals surface area contributed by atoms with Gasteiger partial charge in [-0.25, -0.2) is 4.98 Å². The first-order chi connectivity index (χ1) is 12.9. The van der Waals surface area contributed by atoms with Crippen LogP contribution in [0.1, 0.15) is 26.5 Å². The number of carbonyl (C=O) groups excluding carboxylic acids is 1. The molecule has 0 aliphatic carbocycles. The van der Waals surface area contributed by atoms with Gasteiger partial charge in [-0.3, -0.25) is 4.79 Å². The van der Waals surface area contributed by atoms with E-state index < -0.39 is 0 Å². The summed E-state index contributed by atoms with van der Waals surface area (Å²) in [4.78, 5) is 16.8. The molecular weight excluding hydrogens is 378 g/mol. The zero-order valence-electron chi connectivity index (χ0n) is 15.8. The molecule has 0 radical (unpaired) electrons. The molecule has 0 aliphatic heterocycles. The number of nitrogens with one attached hydrogen (secondary N) is 1. The third-order valence-electron chi connectivity index (χ3n) is 3.80. The number of hydrogen-bond donors (Lipinski definition) is 1. The van der Waals surface area contributed by atoms with Crippen LogP contribution >= 0.6 is 23.1 Å². The molecule has 0 bridgehead atoms. The summed E-state index contributed by atoms with van der Waals surface area (Å²) in [6.45, 7) is 8.88. The van der Waals surface area contributed by atoms with Gasteiger partial charge in [0.15, 0.2) is 16.1 Å². The number of nitrogens with zero attached hydrogens (tertiary/aromatic N) is 4. The first-order valence-corrected chi connectivity index (χ1v) is 10.6. The molecule has 0 spiro atoms. The Kier molecular flexibility index (Phi) is 6.28. The summed E-state index contributed by atoms with van der Waals surface area (Å²) in [7, 11) is 0. The van der Waals surface area contributed by atoms with Crippen molar-refractivity contribution in [2.75, 3.05) is 5.32 Å². The van der Waals surface area contributed by atoms with Crippen LogP contribution < -0.4 is 5.32 Å². The van der Waals surface area contributed by atoms with Crippen molar-refractivity contribution in [2.24, 2.45) is 5.92 Å². The fourth-order valence-corrected chi connectivity index (χ4v) is 4.09. The topological polar surface area (TPSA) is 72.7 Å². The first-order valence-electron chi connectivity index (χ1n) is 8.82. The molecule has 1 N–H and O–H groups in total. The Bertz CT molecular complexity index is 904. The number of hydrogen-bond acceptors (Lipinski definition) is 6. The van der Waals surface area contributed by atoms with Crippen LogP contribution in [0.2, 0.25) is 0 Å². The third kappa shape index (κ3) is 4.95. The molecule has 0 aliphatic rings. The summed E-state index contributed by atoms with van der Waals surface area (Å²) in [6.07, 6.45) is 0. The van der Waals surface area contributed by atoms with E-state index in [0.29, 0.717) is 11.0 Å². The monoisotopic (exact) mass is 401 g/mol. The maximum atomic E-state index is 12.5. The zero-order chi connectivity index (χ0) is 19.4. The maximum absolute atomic E-state index is 12.5. The van der Waals surface area contributed by atoms with Crippen molar-refractivity contribution in [3.8, 4) is 11.4 Å². The van der Waals surface area contributed by atoms with E-state index in [-0.39, 0.29) is 11.2 Å². The molecule has 0 saturated carbocycles. The van der Waals surface area contributed by atoms with Crippen molar-refractivity contribution in [1.82, 2.24) is 19.7 Å². The molecule has 27 heavy (non-hydrogen) atoms. The highest BCUT2D eigenvalue weighted by molar-refractivity contribution is 8.00. The second-order valence-corrected chi connectivity index (χ2v) is 8.89. The number of anilines is 1. The summed E-state index contributed by atoms with van der Waals surface area (Å²) in [6, 6.07) is 10.0. The predicted molar refractivity (Wildman–Crippen MR) is 111 cm³/mol. The molecule has 3 rings (SSSR count). The SMILES string of the molecule is Cc1csc(NC(=O)[C@H](C)Sc2nnc(-c3ccccc3)n2CC(C)C)n1. The van der Waals surface area contributed by atoms with Gasteiger partial charge in [-0.2, -0.15) is 0 Å². The lowest BCUT2D eigenvalue weighted by Crippen LogP contribution is -2.23. The molecule has 2 aromatic heterocycles. The van der Waals surface area contributed by atoms with E-state index >= 15 is 0 Å². The molecule has 0 saturated heterocycles. The summed E-state index contributed by atoms with van der Waals surface area (Å²) >= 11 is 2.85. The van der Waals surface area contributed by atoms with Crippen molar-refractivity contribution in [2.45, 2.75) is 44.6 Å². The molecule has 0 fully saturated rings. The van der Waals surface area contributed by atoms with Gasteiger partial charge >= 0.3 is 0 Å². The lowest BCUT2D eigenvalue weighted by molar-refractivity contribution is -0.115. The van der Waals surface area contributed by atoms with Gasteiger partial charge in [-0.1, -0.05) is 55.9 Å². The molecule has 2 heterocycles. The molecule has 8 heteroatoms. The summed E-state index contributed by atoms with van der Waals surface area (Å²) in [5.74, 6) is 1.18. The summed E-state index contributed by atoms with van der Waals surface area (Å²) in [5.41, 5.74) is 1.92. The van der Waals surface area contributed by atoms with Gasteiger partial charge in [0.2, 0.25) is 5.91 Å². The van der Waals surface area contributed by atoms with E-state index in [1.807, 2.05) is 49.6 Å². The fourth-order valence-electron chi connectivity index (χ4n) is 2.54. The Hall–Kier alpha value is -2.19. The van der Waals surface area contributed by atoms with Crippen LogP contribution in [-0.4, -0.2) is 30.9 Å². The van der Waals surface area contributed by atoms with Crippen molar-refractivity contribution in [1.29, 1.82) is 0 Å². The molecule has 3 aromatic rings. The predicted octanol–water partition coefficient (Wildman–Crippen LogP) is 4.49. The van der Waals surface area contributed by atoms with Gasteiger partial charge in [-0.15, -0.1) is 21.5 Å². The normalized spacial score (nSPS) is 12.3. The minimum absolute atomic E-state index is 0.0882. The molecule has 0 unspecified atom stereocenters. The maximum Gasteiger partial charge on any atom is 0.239 e. The number of aryl methyl sites for hydroxylation is 1. The van der Waals surface area contributed by atoms with Gasteiger partial charge in [0.05, 0.1) is 10.9 Å². The minimum Gasteiger partial charge on any atom is -0.302 e. The molecular formula is C19H23N5OS2. The quantitative estimate of drug-likeness (QED) is 0.591. The Labute approximate surface area is 167 Å². The van der Waals surface area contributed by atoms with Gasteiger partial charge in [0, 0.05) is 17.5 Å². The second kappa shape index (κ2) is 8.67. The van der Waals surface area contributed by atoms with E-state index in [1.165, 1.54) is 23.1 Å². The number of benzene rings is 1. The van der Waals surface area contributed by atoms with Crippen molar-refractivity contribution in [3.63, 3.8) is 0 Å². The van der Waals surface area contributed by atoms with Crippen LogP contribution in [0.15, 0.2) is 40.9 Å². The Morgan fingerprint density at radius 2 is 1.96 bits per heavy atom. The van der Waals surface area contributed by atoms with E-state index in [1.54, 1.807) is 0 Å². The summed E-state index contributed by atoms with van der Waals surface area (Å²) < 4.78 is 2.10. The van der Waals surface area contributed by atoms with Crippen molar-refractivity contribution < 1.29 is 4.79 Å². The van der Waals surface area contributed by atoms with Crippen LogP contribution in [0.3, 0.4) is 0 Å². The molecule has 1 amide bonds. The first kappa shape index (κ1) is 19.6. The number of aromatic nitrogens is 4. The Morgan fingerprint density at radius 1 is 1.22 bits per heavy atom.